The van der Waals surface area contributed by atoms with E-state index >= 15 is 0 Å². The molecule has 4 rings (SSSR count). The predicted molar refractivity (Wildman–Crippen MR) is 115 cm³/mol. The molecule has 2 aromatic heterocycles. The number of hydrogen-bond donors (Lipinski definition) is 4. The summed E-state index contributed by atoms with van der Waals surface area (Å²) in [5, 5.41) is 21.5. The number of nitrogens with zero attached hydrogens (tertiary/aromatic N) is 3. The molecule has 1 aromatic carbocycles. The monoisotopic (exact) mass is 430 g/mol. The first-order valence-electron chi connectivity index (χ1n) is 9.64. The molecule has 158 valence electrons. The minimum Gasteiger partial charge on any atom is -0.465 e. The van der Waals surface area contributed by atoms with Crippen molar-refractivity contribution in [1.29, 1.82) is 0 Å². The maximum Gasteiger partial charge on any atom is 0.407 e. The average Bonchev–Trinajstić information content (AvgIpc) is 3.28. The Hall–Kier alpha value is -3.07. The van der Waals surface area contributed by atoms with Gasteiger partial charge in [-0.05, 0) is 29.4 Å². The molecule has 10 heteroatoms. The summed E-state index contributed by atoms with van der Waals surface area (Å²) in [6, 6.07) is 7.06. The molecule has 3 aromatic rings. The maximum absolute atomic E-state index is 11.8. The van der Waals surface area contributed by atoms with E-state index in [0.717, 1.165) is 10.8 Å². The number of hydrogen-bond acceptors (Lipinski definition) is 5. The lowest BCUT2D eigenvalue weighted by Gasteiger charge is -2.32. The van der Waals surface area contributed by atoms with E-state index in [1.54, 1.807) is 12.1 Å². The predicted octanol–water partition coefficient (Wildman–Crippen LogP) is 3.55. The summed E-state index contributed by atoms with van der Waals surface area (Å²) >= 11 is 6.47. The van der Waals surface area contributed by atoms with Gasteiger partial charge in [0.2, 0.25) is 0 Å². The Kier molecular flexibility index (Phi) is 4.93. The highest BCUT2D eigenvalue weighted by Crippen LogP contribution is 2.36. The highest BCUT2D eigenvalue weighted by Gasteiger charge is 2.42. The quantitative estimate of drug-likeness (QED) is 0.503. The van der Waals surface area contributed by atoms with E-state index in [-0.39, 0.29) is 17.5 Å². The summed E-state index contributed by atoms with van der Waals surface area (Å²) in [7, 11) is 0. The van der Waals surface area contributed by atoms with Crippen molar-refractivity contribution in [3.63, 3.8) is 0 Å². The van der Waals surface area contributed by atoms with Gasteiger partial charge < -0.3 is 15.3 Å². The molecule has 0 aliphatic carbocycles. The molecule has 1 saturated heterocycles. The number of halogens is 1. The molecule has 1 aliphatic heterocycles. The van der Waals surface area contributed by atoms with E-state index in [1.165, 1.54) is 4.90 Å². The number of aromatic nitrogens is 4. The first kappa shape index (κ1) is 20.2. The van der Waals surface area contributed by atoms with Crippen molar-refractivity contribution in [2.75, 3.05) is 11.9 Å². The number of H-pyrrole nitrogens is 2. The molecule has 4 N–H and O–H groups in total. The van der Waals surface area contributed by atoms with Gasteiger partial charge in [0.15, 0.2) is 5.82 Å². The fourth-order valence-corrected chi connectivity index (χ4v) is 4.32. The van der Waals surface area contributed by atoms with Gasteiger partial charge in [-0.1, -0.05) is 44.5 Å². The van der Waals surface area contributed by atoms with Crippen LogP contribution in [0.4, 0.5) is 10.6 Å². The second-order valence-electron chi connectivity index (χ2n) is 8.61. The largest absolute Gasteiger partial charge is 0.465 e. The van der Waals surface area contributed by atoms with E-state index in [0.29, 0.717) is 35.3 Å². The molecule has 0 saturated carbocycles. The molecule has 30 heavy (non-hydrogen) atoms. The number of carbonyl (C=O) groups is 1. The molecular weight excluding hydrogens is 408 g/mol. The van der Waals surface area contributed by atoms with Crippen LogP contribution in [0.5, 0.6) is 0 Å². The standard InChI is InChI=1S/C20H23ClN6O3/c1-20(2,3)14-8-11(9-27(14)19(29)30)22-17-15-10(5-4-6-12(15)21)7-13(23-17)16-24-18(28)26-25-16/h4-7,11,14H,8-9H2,1-3H3,(H,22,23)(H,29,30)(H2,24,25,26,28). The van der Waals surface area contributed by atoms with Crippen molar-refractivity contribution in [1.82, 2.24) is 25.1 Å². The molecule has 2 unspecified atom stereocenters. The van der Waals surface area contributed by atoms with Crippen LogP contribution in [-0.4, -0.2) is 54.9 Å². The number of benzene rings is 1. The van der Waals surface area contributed by atoms with E-state index < -0.39 is 11.8 Å². The van der Waals surface area contributed by atoms with Crippen molar-refractivity contribution in [2.24, 2.45) is 5.41 Å². The lowest BCUT2D eigenvalue weighted by atomic mass is 9.85. The van der Waals surface area contributed by atoms with Crippen molar-refractivity contribution in [3.05, 3.63) is 39.8 Å². The van der Waals surface area contributed by atoms with Crippen LogP contribution >= 0.6 is 11.6 Å². The fraction of sp³-hybridized carbons (Fsp3) is 0.400. The normalized spacial score (nSPS) is 19.4. The third kappa shape index (κ3) is 3.72. The van der Waals surface area contributed by atoms with Crippen molar-refractivity contribution >= 4 is 34.3 Å². The number of rotatable bonds is 3. The van der Waals surface area contributed by atoms with E-state index in [9.17, 15) is 14.7 Å². The second-order valence-corrected chi connectivity index (χ2v) is 9.02. The minimum atomic E-state index is -0.932. The number of likely N-dealkylation sites (tertiary alicyclic amines) is 1. The number of pyridine rings is 1. The number of anilines is 1. The van der Waals surface area contributed by atoms with Crippen LogP contribution in [0.3, 0.4) is 0 Å². The Morgan fingerprint density at radius 1 is 1.37 bits per heavy atom. The Labute approximate surface area is 177 Å². The third-order valence-corrected chi connectivity index (χ3v) is 5.75. The fourth-order valence-electron chi connectivity index (χ4n) is 4.05. The average molecular weight is 431 g/mol. The summed E-state index contributed by atoms with van der Waals surface area (Å²) in [5.74, 6) is 0.845. The summed E-state index contributed by atoms with van der Waals surface area (Å²) in [6.07, 6.45) is -0.287. The van der Waals surface area contributed by atoms with Crippen molar-refractivity contribution in [2.45, 2.75) is 39.3 Å². The minimum absolute atomic E-state index is 0.125. The van der Waals surface area contributed by atoms with Gasteiger partial charge in [0.25, 0.3) is 0 Å². The molecule has 9 nitrogen and oxygen atoms in total. The van der Waals surface area contributed by atoms with Crippen LogP contribution in [-0.2, 0) is 0 Å². The zero-order valence-electron chi connectivity index (χ0n) is 16.9. The van der Waals surface area contributed by atoms with Gasteiger partial charge in [0, 0.05) is 24.0 Å². The summed E-state index contributed by atoms with van der Waals surface area (Å²) < 4.78 is 0. The number of aromatic amines is 2. The molecular formula is C20H23ClN6O3. The highest BCUT2D eigenvalue weighted by atomic mass is 35.5. The summed E-state index contributed by atoms with van der Waals surface area (Å²) in [5.41, 5.74) is -0.141. The molecule has 0 bridgehead atoms. The molecule has 1 fully saturated rings. The second kappa shape index (κ2) is 7.32. The molecule has 0 spiro atoms. The Morgan fingerprint density at radius 3 is 2.73 bits per heavy atom. The van der Waals surface area contributed by atoms with Gasteiger partial charge >= 0.3 is 11.8 Å². The van der Waals surface area contributed by atoms with Gasteiger partial charge in [-0.3, -0.25) is 4.98 Å². The first-order valence-corrected chi connectivity index (χ1v) is 10.0. The van der Waals surface area contributed by atoms with E-state index in [1.807, 2.05) is 32.9 Å². The van der Waals surface area contributed by atoms with Crippen molar-refractivity contribution < 1.29 is 9.90 Å². The molecule has 3 heterocycles. The van der Waals surface area contributed by atoms with Gasteiger partial charge in [0.05, 0.1) is 5.02 Å². The smallest absolute Gasteiger partial charge is 0.407 e. The number of fused-ring (bicyclic) bond motifs is 1. The van der Waals surface area contributed by atoms with Gasteiger partial charge in [0.1, 0.15) is 11.5 Å². The third-order valence-electron chi connectivity index (χ3n) is 5.44. The SMILES string of the molecule is CC(C)(C)C1CC(Nc2nc(-c3n[nH]c(=O)[nH]3)cc3cccc(Cl)c23)CN1C(=O)O. The van der Waals surface area contributed by atoms with Crippen LogP contribution in [0, 0.1) is 5.41 Å². The van der Waals surface area contributed by atoms with Gasteiger partial charge in [-0.15, -0.1) is 0 Å². The molecule has 0 radical (unpaired) electrons. The van der Waals surface area contributed by atoms with Crippen LogP contribution < -0.4 is 11.0 Å². The lowest BCUT2D eigenvalue weighted by Crippen LogP contribution is -2.42. The van der Waals surface area contributed by atoms with Crippen molar-refractivity contribution in [3.8, 4) is 11.5 Å². The molecule has 1 amide bonds. The van der Waals surface area contributed by atoms with E-state index in [4.69, 9.17) is 11.6 Å². The Balaban J connectivity index is 1.75. The lowest BCUT2D eigenvalue weighted by molar-refractivity contribution is 0.106. The summed E-state index contributed by atoms with van der Waals surface area (Å²) in [4.78, 5) is 32.0. The van der Waals surface area contributed by atoms with Crippen LogP contribution in [0.2, 0.25) is 5.02 Å². The number of carboxylic acid groups (broad SMARTS) is 1. The number of amides is 1. The Bertz CT molecular complexity index is 1170. The molecule has 1 aliphatic rings. The van der Waals surface area contributed by atoms with E-state index in [2.05, 4.69) is 25.5 Å². The topological polar surface area (TPSA) is 127 Å². The highest BCUT2D eigenvalue weighted by molar-refractivity contribution is 6.36. The zero-order valence-corrected chi connectivity index (χ0v) is 17.6. The zero-order chi connectivity index (χ0) is 21.6. The van der Waals surface area contributed by atoms with Crippen LogP contribution in [0.1, 0.15) is 27.2 Å². The first-order chi connectivity index (χ1) is 14.1. The molecule has 2 atom stereocenters. The summed E-state index contributed by atoms with van der Waals surface area (Å²) in [6.45, 7) is 6.45. The van der Waals surface area contributed by atoms with Gasteiger partial charge in [-0.2, -0.15) is 5.10 Å². The maximum atomic E-state index is 11.8. The number of nitrogens with one attached hydrogen (secondary N) is 3. The van der Waals surface area contributed by atoms with Crippen LogP contribution in [0.15, 0.2) is 29.1 Å². The van der Waals surface area contributed by atoms with Crippen LogP contribution in [0.25, 0.3) is 22.3 Å². The van der Waals surface area contributed by atoms with Gasteiger partial charge in [-0.25, -0.2) is 19.7 Å². The Morgan fingerprint density at radius 2 is 2.13 bits per heavy atom.